The van der Waals surface area contributed by atoms with Crippen molar-refractivity contribution in [3.05, 3.63) is 0 Å². The zero-order valence-corrected chi connectivity index (χ0v) is 6.95. The molecule has 0 rings (SSSR count). The van der Waals surface area contributed by atoms with Gasteiger partial charge in [-0.3, -0.25) is 0 Å². The summed E-state index contributed by atoms with van der Waals surface area (Å²) in [5.41, 5.74) is -1.82. The smallest absolute Gasteiger partial charge is 0.0596 e. The van der Waals surface area contributed by atoms with E-state index in [1.54, 1.807) is 20.8 Å². The molecule has 0 unspecified atom stereocenters. The summed E-state index contributed by atoms with van der Waals surface area (Å²) in [4.78, 5) is 0. The molecule has 0 radical (unpaired) electrons. The molecule has 0 aromatic carbocycles. The van der Waals surface area contributed by atoms with E-state index in [2.05, 4.69) is 0 Å². The molecule has 1 heteroatoms. The Bertz CT molecular complexity index is 123. The maximum atomic E-state index is 9.51. The molecule has 0 bridgehead atoms. The van der Waals surface area contributed by atoms with Crippen LogP contribution in [0.25, 0.3) is 0 Å². The summed E-state index contributed by atoms with van der Waals surface area (Å²) in [6.07, 6.45) is -1.57. The zero-order valence-electron chi connectivity index (χ0n) is 8.95. The minimum atomic E-state index is -1.57. The van der Waals surface area contributed by atoms with E-state index in [1.165, 1.54) is 13.8 Å². The van der Waals surface area contributed by atoms with Gasteiger partial charge >= 0.3 is 0 Å². The van der Waals surface area contributed by atoms with Gasteiger partial charge in [0.25, 0.3) is 0 Å². The Labute approximate surface area is 60.9 Å². The molecule has 0 saturated heterocycles. The van der Waals surface area contributed by atoms with Gasteiger partial charge in [0, 0.05) is 2.74 Å². The second-order valence-electron chi connectivity index (χ2n) is 3.93. The summed E-state index contributed by atoms with van der Waals surface area (Å²) >= 11 is 0. The van der Waals surface area contributed by atoms with Crippen LogP contribution in [0, 0.1) is 5.41 Å². The molecule has 56 valence electrons. The van der Waals surface area contributed by atoms with Crippen molar-refractivity contribution < 1.29 is 7.85 Å². The molecule has 0 aliphatic carbocycles. The predicted octanol–water partition coefficient (Wildman–Crippen LogP) is 2.19. The van der Waals surface area contributed by atoms with Gasteiger partial charge in [0.2, 0.25) is 0 Å². The van der Waals surface area contributed by atoms with Crippen LogP contribution in [0.1, 0.15) is 43.7 Å². The third kappa shape index (κ3) is 7.96. The van der Waals surface area contributed by atoms with Crippen molar-refractivity contribution in [1.82, 2.24) is 0 Å². The van der Waals surface area contributed by atoms with Gasteiger partial charge in [-0.15, -0.1) is 0 Å². The lowest BCUT2D eigenvalue weighted by Gasteiger charge is -2.27. The van der Waals surface area contributed by atoms with E-state index < -0.39 is 17.4 Å². The molecule has 0 aromatic heterocycles. The third-order valence-corrected chi connectivity index (χ3v) is 0.681. The van der Waals surface area contributed by atoms with Crippen molar-refractivity contribution in [2.45, 2.75) is 46.6 Å². The highest BCUT2D eigenvalue weighted by Crippen LogP contribution is 2.26. The normalized spacial score (nSPS) is 18.9. The second-order valence-corrected chi connectivity index (χ2v) is 3.93. The number of hydrogen-bond acceptors (Lipinski definition) is 1. The van der Waals surface area contributed by atoms with Crippen LogP contribution in [0.5, 0.6) is 0 Å². The van der Waals surface area contributed by atoms with Gasteiger partial charge < -0.3 is 5.11 Å². The van der Waals surface area contributed by atoms with E-state index in [-0.39, 0.29) is 0 Å². The van der Waals surface area contributed by atoms with Crippen molar-refractivity contribution >= 4 is 0 Å². The van der Waals surface area contributed by atoms with Crippen LogP contribution in [-0.4, -0.2) is 10.7 Å². The number of aliphatic hydroxyl groups is 1. The van der Waals surface area contributed by atoms with Crippen LogP contribution in [0.3, 0.4) is 0 Å². The van der Waals surface area contributed by atoms with E-state index in [9.17, 15) is 5.11 Å². The highest BCUT2D eigenvalue weighted by atomic mass is 16.3. The molecule has 0 heterocycles. The molecular formula is C8H18O. The first-order valence-corrected chi connectivity index (χ1v) is 3.22. The Kier molecular flexibility index (Phi) is 1.46. The molecule has 0 amide bonds. The second kappa shape index (κ2) is 2.30. The average Bonchev–Trinajstić information content (AvgIpc) is 1.58. The predicted molar refractivity (Wildman–Crippen MR) is 40.4 cm³/mol. The Morgan fingerprint density at radius 2 is 1.56 bits per heavy atom. The van der Waals surface area contributed by atoms with Crippen molar-refractivity contribution in [3.63, 3.8) is 0 Å². The Morgan fingerprint density at radius 3 is 1.56 bits per heavy atom. The van der Waals surface area contributed by atoms with Crippen LogP contribution in [0.15, 0.2) is 0 Å². The van der Waals surface area contributed by atoms with E-state index in [1.807, 2.05) is 0 Å². The first-order chi connectivity index (χ1) is 4.50. The molecule has 9 heavy (non-hydrogen) atoms. The number of rotatable bonds is 1. The van der Waals surface area contributed by atoms with Gasteiger partial charge in [0.15, 0.2) is 0 Å². The Hall–Kier alpha value is -0.0400. The summed E-state index contributed by atoms with van der Waals surface area (Å²) < 4.78 is 15.3. The lowest BCUT2D eigenvalue weighted by atomic mass is 9.84. The van der Waals surface area contributed by atoms with Crippen molar-refractivity contribution in [1.29, 1.82) is 0 Å². The molecule has 0 aromatic rings. The van der Waals surface area contributed by atoms with Crippen LogP contribution >= 0.6 is 0 Å². The molecule has 0 aliphatic heterocycles. The maximum Gasteiger partial charge on any atom is 0.0596 e. The van der Waals surface area contributed by atoms with Crippen molar-refractivity contribution in [2.75, 3.05) is 0 Å². The maximum absolute atomic E-state index is 9.51. The third-order valence-electron chi connectivity index (χ3n) is 0.681. The highest BCUT2D eigenvalue weighted by molar-refractivity contribution is 4.74. The Balaban J connectivity index is 4.75. The molecule has 1 N–H and O–H groups in total. The van der Waals surface area contributed by atoms with Gasteiger partial charge in [0.1, 0.15) is 0 Å². The van der Waals surface area contributed by atoms with E-state index >= 15 is 0 Å². The summed E-state index contributed by atoms with van der Waals surface area (Å²) in [7, 11) is 0. The molecular weight excluding hydrogens is 112 g/mol. The molecule has 0 atom stereocenters. The largest absolute Gasteiger partial charge is 0.390 e. The fourth-order valence-corrected chi connectivity index (χ4v) is 0.918. The molecule has 0 spiro atoms. The van der Waals surface area contributed by atoms with Gasteiger partial charge in [-0.2, -0.15) is 0 Å². The monoisotopic (exact) mass is 132 g/mol. The zero-order chi connectivity index (χ0) is 9.50. The first-order valence-electron chi connectivity index (χ1n) is 4.22. The van der Waals surface area contributed by atoms with Crippen LogP contribution in [0.2, 0.25) is 0 Å². The van der Waals surface area contributed by atoms with Crippen LogP contribution < -0.4 is 0 Å². The first kappa shape index (κ1) is 5.72. The van der Waals surface area contributed by atoms with E-state index in [0.29, 0.717) is 0 Å². The summed E-state index contributed by atoms with van der Waals surface area (Å²) in [5, 5.41) is 9.51. The molecule has 1 nitrogen and oxygen atoms in total. The van der Waals surface area contributed by atoms with E-state index in [0.717, 1.165) is 0 Å². The standard InChI is InChI=1S/C8H18O/c1-7(2,3)6-8(4,5)9/h9H,6H2,1-5H3/i6D2. The summed E-state index contributed by atoms with van der Waals surface area (Å²) in [6, 6.07) is 0. The van der Waals surface area contributed by atoms with E-state index in [4.69, 9.17) is 2.74 Å². The summed E-state index contributed by atoms with van der Waals surface area (Å²) in [6.45, 7) is 8.34. The fraction of sp³-hybridized carbons (Fsp3) is 1.00. The quantitative estimate of drug-likeness (QED) is 0.580. The fourth-order valence-electron chi connectivity index (χ4n) is 0.918. The minimum Gasteiger partial charge on any atom is -0.390 e. The topological polar surface area (TPSA) is 20.2 Å². The van der Waals surface area contributed by atoms with Crippen LogP contribution in [0.4, 0.5) is 0 Å². The van der Waals surface area contributed by atoms with Crippen LogP contribution in [-0.2, 0) is 0 Å². The molecule has 0 aliphatic rings. The van der Waals surface area contributed by atoms with Gasteiger partial charge in [0.05, 0.1) is 5.60 Å². The van der Waals surface area contributed by atoms with Gasteiger partial charge in [-0.05, 0) is 25.6 Å². The lowest BCUT2D eigenvalue weighted by molar-refractivity contribution is 0.0371. The summed E-state index contributed by atoms with van der Waals surface area (Å²) in [5.74, 6) is 0. The number of hydrogen-bond donors (Lipinski definition) is 1. The SMILES string of the molecule is [2H]C([2H])(C(C)(C)C)C(C)(C)O. The van der Waals surface area contributed by atoms with Crippen molar-refractivity contribution in [2.24, 2.45) is 5.41 Å². The van der Waals surface area contributed by atoms with Crippen molar-refractivity contribution in [3.8, 4) is 0 Å². The minimum absolute atomic E-state index is 0.536. The molecule has 0 fully saturated rings. The van der Waals surface area contributed by atoms with Gasteiger partial charge in [-0.1, -0.05) is 20.8 Å². The lowest BCUT2D eigenvalue weighted by Crippen LogP contribution is -2.25. The average molecular weight is 132 g/mol. The highest BCUT2D eigenvalue weighted by Gasteiger charge is 2.21. The molecule has 0 saturated carbocycles. The Morgan fingerprint density at radius 1 is 1.22 bits per heavy atom. The van der Waals surface area contributed by atoms with Gasteiger partial charge in [-0.25, -0.2) is 0 Å².